The SMILES string of the molecule is Cc1nc(/C=C(/CCCC(=O)O)c2nc3ccccc3s2)[nH]c1C. The zero-order chi connectivity index (χ0) is 17.1. The Morgan fingerprint density at radius 3 is 2.71 bits per heavy atom. The number of carbonyl (C=O) groups is 1. The monoisotopic (exact) mass is 341 g/mol. The normalized spacial score (nSPS) is 12.0. The van der Waals surface area contributed by atoms with Crippen LogP contribution in [0.1, 0.15) is 41.5 Å². The fourth-order valence-electron chi connectivity index (χ4n) is 2.49. The van der Waals surface area contributed by atoms with Crippen molar-refractivity contribution in [2.45, 2.75) is 33.1 Å². The lowest BCUT2D eigenvalue weighted by molar-refractivity contribution is -0.137. The molecule has 3 rings (SSSR count). The number of rotatable bonds is 6. The number of hydrogen-bond donors (Lipinski definition) is 2. The van der Waals surface area contributed by atoms with Crippen LogP contribution in [-0.4, -0.2) is 26.0 Å². The number of nitrogens with zero attached hydrogens (tertiary/aromatic N) is 2. The Bertz CT molecular complexity index is 856. The third-order valence-electron chi connectivity index (χ3n) is 3.86. The molecule has 0 bridgehead atoms. The molecule has 2 aromatic heterocycles. The molecule has 0 aliphatic heterocycles. The van der Waals surface area contributed by atoms with Gasteiger partial charge in [0.1, 0.15) is 10.8 Å². The summed E-state index contributed by atoms with van der Waals surface area (Å²) in [5, 5.41) is 9.81. The molecular formula is C18H19N3O2S. The van der Waals surface area contributed by atoms with E-state index in [0.717, 1.165) is 38.0 Å². The topological polar surface area (TPSA) is 78.9 Å². The van der Waals surface area contributed by atoms with E-state index in [1.54, 1.807) is 11.3 Å². The summed E-state index contributed by atoms with van der Waals surface area (Å²) >= 11 is 1.63. The number of carboxylic acid groups (broad SMARTS) is 1. The minimum absolute atomic E-state index is 0.151. The van der Waals surface area contributed by atoms with E-state index in [1.807, 2.05) is 44.2 Å². The molecule has 0 radical (unpaired) electrons. The molecule has 3 aromatic rings. The predicted molar refractivity (Wildman–Crippen MR) is 97.0 cm³/mol. The molecule has 2 N–H and O–H groups in total. The van der Waals surface area contributed by atoms with Crippen molar-refractivity contribution < 1.29 is 9.90 Å². The molecule has 24 heavy (non-hydrogen) atoms. The molecule has 0 aliphatic rings. The summed E-state index contributed by atoms with van der Waals surface area (Å²) < 4.78 is 1.13. The van der Waals surface area contributed by atoms with Gasteiger partial charge in [0.05, 0.1) is 15.9 Å². The third kappa shape index (κ3) is 3.71. The van der Waals surface area contributed by atoms with Crippen LogP contribution in [-0.2, 0) is 4.79 Å². The molecule has 6 heteroatoms. The zero-order valence-corrected chi connectivity index (χ0v) is 14.5. The first kappa shape index (κ1) is 16.4. The van der Waals surface area contributed by atoms with Gasteiger partial charge in [0, 0.05) is 12.1 Å². The summed E-state index contributed by atoms with van der Waals surface area (Å²) in [6.45, 7) is 3.95. The van der Waals surface area contributed by atoms with E-state index in [4.69, 9.17) is 10.1 Å². The Labute approximate surface area is 144 Å². The molecule has 5 nitrogen and oxygen atoms in total. The van der Waals surface area contributed by atoms with Crippen molar-refractivity contribution in [2.24, 2.45) is 0 Å². The fourth-order valence-corrected chi connectivity index (χ4v) is 3.50. The molecule has 0 aliphatic carbocycles. The van der Waals surface area contributed by atoms with Gasteiger partial charge in [-0.25, -0.2) is 9.97 Å². The maximum atomic E-state index is 10.8. The van der Waals surface area contributed by atoms with Crippen LogP contribution in [0.4, 0.5) is 0 Å². The Morgan fingerprint density at radius 2 is 2.04 bits per heavy atom. The number of carboxylic acids is 1. The van der Waals surface area contributed by atoms with Gasteiger partial charge < -0.3 is 10.1 Å². The maximum absolute atomic E-state index is 10.8. The minimum Gasteiger partial charge on any atom is -0.481 e. The molecule has 124 valence electrons. The van der Waals surface area contributed by atoms with Gasteiger partial charge >= 0.3 is 5.97 Å². The number of para-hydroxylation sites is 1. The highest BCUT2D eigenvalue weighted by Gasteiger charge is 2.11. The molecule has 0 atom stereocenters. The number of aromatic nitrogens is 3. The standard InChI is InChI=1S/C18H19N3O2S/c1-11-12(2)20-16(19-11)10-13(6-5-9-17(22)23)18-21-14-7-3-4-8-15(14)24-18/h3-4,7-8,10H,5-6,9H2,1-2H3,(H,19,20)(H,22,23)/b13-10-. The van der Waals surface area contributed by atoms with E-state index in [9.17, 15) is 4.79 Å². The van der Waals surface area contributed by atoms with Crippen LogP contribution in [0.2, 0.25) is 0 Å². The van der Waals surface area contributed by atoms with Crippen LogP contribution in [0.5, 0.6) is 0 Å². The first-order valence-electron chi connectivity index (χ1n) is 7.84. The summed E-state index contributed by atoms with van der Waals surface area (Å²) in [7, 11) is 0. The van der Waals surface area contributed by atoms with Gasteiger partial charge in [-0.05, 0) is 50.5 Å². The Kier molecular flexibility index (Phi) is 4.76. The van der Waals surface area contributed by atoms with Crippen LogP contribution < -0.4 is 0 Å². The fraction of sp³-hybridized carbons (Fsp3) is 0.278. The van der Waals surface area contributed by atoms with E-state index < -0.39 is 5.97 Å². The average molecular weight is 341 g/mol. The lowest BCUT2D eigenvalue weighted by Crippen LogP contribution is -1.95. The number of benzene rings is 1. The van der Waals surface area contributed by atoms with Crippen LogP contribution in [0.15, 0.2) is 24.3 Å². The number of allylic oxidation sites excluding steroid dienone is 1. The molecule has 0 spiro atoms. The van der Waals surface area contributed by atoms with Crippen molar-refractivity contribution in [1.29, 1.82) is 0 Å². The van der Waals surface area contributed by atoms with Crippen molar-refractivity contribution >= 4 is 39.2 Å². The number of aryl methyl sites for hydroxylation is 2. The van der Waals surface area contributed by atoms with E-state index in [2.05, 4.69) is 9.97 Å². The van der Waals surface area contributed by atoms with Crippen LogP contribution in [0.3, 0.4) is 0 Å². The first-order chi connectivity index (χ1) is 11.5. The number of fused-ring (bicyclic) bond motifs is 1. The van der Waals surface area contributed by atoms with Crippen molar-refractivity contribution in [3.8, 4) is 0 Å². The molecule has 0 saturated heterocycles. The smallest absolute Gasteiger partial charge is 0.303 e. The van der Waals surface area contributed by atoms with Crippen molar-refractivity contribution in [1.82, 2.24) is 15.0 Å². The minimum atomic E-state index is -0.775. The highest BCUT2D eigenvalue weighted by atomic mass is 32.1. The van der Waals surface area contributed by atoms with Gasteiger partial charge in [0.2, 0.25) is 0 Å². The van der Waals surface area contributed by atoms with Crippen LogP contribution in [0, 0.1) is 13.8 Å². The average Bonchev–Trinajstić information content (AvgIpc) is 3.09. The lowest BCUT2D eigenvalue weighted by Gasteiger charge is -2.02. The number of imidazole rings is 1. The second kappa shape index (κ2) is 6.97. The summed E-state index contributed by atoms with van der Waals surface area (Å²) in [4.78, 5) is 23.3. The van der Waals surface area contributed by atoms with E-state index in [0.29, 0.717) is 12.8 Å². The summed E-state index contributed by atoms with van der Waals surface area (Å²) in [6, 6.07) is 8.01. The van der Waals surface area contributed by atoms with Gasteiger partial charge in [-0.15, -0.1) is 11.3 Å². The maximum Gasteiger partial charge on any atom is 0.303 e. The number of aliphatic carboxylic acids is 1. The van der Waals surface area contributed by atoms with Gasteiger partial charge in [0.15, 0.2) is 0 Å². The Hall–Kier alpha value is -2.47. The lowest BCUT2D eigenvalue weighted by atomic mass is 10.1. The molecular weight excluding hydrogens is 322 g/mol. The quantitative estimate of drug-likeness (QED) is 0.695. The largest absolute Gasteiger partial charge is 0.481 e. The van der Waals surface area contributed by atoms with E-state index >= 15 is 0 Å². The van der Waals surface area contributed by atoms with E-state index in [1.165, 1.54) is 0 Å². The van der Waals surface area contributed by atoms with Crippen LogP contribution >= 0.6 is 11.3 Å². The van der Waals surface area contributed by atoms with Gasteiger partial charge in [-0.2, -0.15) is 0 Å². The predicted octanol–water partition coefficient (Wildman–Crippen LogP) is 4.43. The number of H-pyrrole nitrogens is 1. The Balaban J connectivity index is 1.95. The molecule has 2 heterocycles. The number of thiazole rings is 1. The van der Waals surface area contributed by atoms with Gasteiger partial charge in [-0.3, -0.25) is 4.79 Å². The van der Waals surface area contributed by atoms with Gasteiger partial charge in [-0.1, -0.05) is 12.1 Å². The first-order valence-corrected chi connectivity index (χ1v) is 8.66. The molecule has 0 saturated carbocycles. The second-order valence-corrected chi connectivity index (χ2v) is 6.77. The van der Waals surface area contributed by atoms with Crippen LogP contribution in [0.25, 0.3) is 21.9 Å². The van der Waals surface area contributed by atoms with Crippen molar-refractivity contribution in [2.75, 3.05) is 0 Å². The molecule has 0 unspecified atom stereocenters. The van der Waals surface area contributed by atoms with Crippen molar-refractivity contribution in [3.05, 3.63) is 46.5 Å². The summed E-state index contributed by atoms with van der Waals surface area (Å²) in [6.07, 6.45) is 3.37. The van der Waals surface area contributed by atoms with Gasteiger partial charge in [0.25, 0.3) is 0 Å². The molecule has 1 aromatic carbocycles. The van der Waals surface area contributed by atoms with Crippen molar-refractivity contribution in [3.63, 3.8) is 0 Å². The highest BCUT2D eigenvalue weighted by molar-refractivity contribution is 7.19. The second-order valence-electron chi connectivity index (χ2n) is 5.74. The summed E-state index contributed by atoms with van der Waals surface area (Å²) in [5.41, 5.74) is 3.99. The third-order valence-corrected chi connectivity index (χ3v) is 4.97. The van der Waals surface area contributed by atoms with E-state index in [-0.39, 0.29) is 6.42 Å². The molecule has 0 fully saturated rings. The Morgan fingerprint density at radius 1 is 1.25 bits per heavy atom. The summed E-state index contributed by atoms with van der Waals surface area (Å²) in [5.74, 6) is 0.0120. The highest BCUT2D eigenvalue weighted by Crippen LogP contribution is 2.31. The number of aromatic amines is 1. The number of nitrogens with one attached hydrogen (secondary N) is 1. The zero-order valence-electron chi connectivity index (χ0n) is 13.7. The molecule has 0 amide bonds. The number of hydrogen-bond acceptors (Lipinski definition) is 4.